The van der Waals surface area contributed by atoms with Crippen LogP contribution < -0.4 is 10.2 Å². The Labute approximate surface area is 153 Å². The smallest absolute Gasteiger partial charge is 0.274 e. The number of rotatable bonds is 6. The van der Waals surface area contributed by atoms with Crippen molar-refractivity contribution in [1.82, 2.24) is 9.47 Å². The van der Waals surface area contributed by atoms with Gasteiger partial charge in [-0.05, 0) is 19.4 Å². The third-order valence-corrected chi connectivity index (χ3v) is 4.85. The van der Waals surface area contributed by atoms with Crippen molar-refractivity contribution in [3.63, 3.8) is 0 Å². The summed E-state index contributed by atoms with van der Waals surface area (Å²) in [7, 11) is 1.63. The minimum absolute atomic E-state index is 0.0257. The van der Waals surface area contributed by atoms with E-state index in [9.17, 15) is 9.59 Å². The SMILES string of the molecule is CCN1C(=O)c2c(OCc3ccccc3)c(=O)ccn2[C@H](C)[C@@H]1COC. The van der Waals surface area contributed by atoms with E-state index in [0.717, 1.165) is 5.56 Å². The molecule has 6 nitrogen and oxygen atoms in total. The quantitative estimate of drug-likeness (QED) is 0.798. The van der Waals surface area contributed by atoms with Gasteiger partial charge in [0.2, 0.25) is 5.43 Å². The predicted molar refractivity (Wildman–Crippen MR) is 98.6 cm³/mol. The van der Waals surface area contributed by atoms with Gasteiger partial charge in [-0.2, -0.15) is 0 Å². The lowest BCUT2D eigenvalue weighted by molar-refractivity contribution is 0.0325. The summed E-state index contributed by atoms with van der Waals surface area (Å²) in [5.41, 5.74) is 0.972. The monoisotopic (exact) mass is 356 g/mol. The summed E-state index contributed by atoms with van der Waals surface area (Å²) in [6.45, 7) is 5.16. The molecule has 2 atom stereocenters. The lowest BCUT2D eigenvalue weighted by atomic mass is 10.0. The third-order valence-electron chi connectivity index (χ3n) is 4.85. The van der Waals surface area contributed by atoms with Gasteiger partial charge < -0.3 is 18.9 Å². The van der Waals surface area contributed by atoms with E-state index >= 15 is 0 Å². The zero-order valence-corrected chi connectivity index (χ0v) is 15.3. The number of amides is 1. The van der Waals surface area contributed by atoms with E-state index in [1.54, 1.807) is 18.2 Å². The highest BCUT2D eigenvalue weighted by Crippen LogP contribution is 2.30. The van der Waals surface area contributed by atoms with E-state index in [2.05, 4.69) is 0 Å². The third kappa shape index (κ3) is 3.24. The molecule has 2 aromatic rings. The number of carbonyl (C=O) groups excluding carboxylic acids is 1. The van der Waals surface area contributed by atoms with E-state index in [1.165, 1.54) is 6.07 Å². The molecule has 0 bridgehead atoms. The van der Waals surface area contributed by atoms with Crippen molar-refractivity contribution in [1.29, 1.82) is 0 Å². The number of pyridine rings is 1. The van der Waals surface area contributed by atoms with Crippen LogP contribution in [-0.2, 0) is 11.3 Å². The number of methoxy groups -OCH3 is 1. The summed E-state index contributed by atoms with van der Waals surface area (Å²) >= 11 is 0. The highest BCUT2D eigenvalue weighted by atomic mass is 16.5. The normalized spacial score (nSPS) is 19.3. The van der Waals surface area contributed by atoms with Crippen molar-refractivity contribution < 1.29 is 14.3 Å². The molecular formula is C20H24N2O4. The molecule has 0 unspecified atom stereocenters. The van der Waals surface area contributed by atoms with Crippen LogP contribution in [-0.4, -0.2) is 41.7 Å². The van der Waals surface area contributed by atoms with Crippen LogP contribution in [0.15, 0.2) is 47.4 Å². The zero-order valence-electron chi connectivity index (χ0n) is 15.3. The average molecular weight is 356 g/mol. The molecule has 3 rings (SSSR count). The number of nitrogens with zero attached hydrogens (tertiary/aromatic N) is 2. The number of fused-ring (bicyclic) bond motifs is 1. The van der Waals surface area contributed by atoms with Gasteiger partial charge in [0.25, 0.3) is 5.91 Å². The van der Waals surface area contributed by atoms with E-state index in [0.29, 0.717) is 18.8 Å². The molecule has 0 saturated carbocycles. The molecule has 1 aliphatic rings. The lowest BCUT2D eigenvalue weighted by Crippen LogP contribution is -2.52. The fraction of sp³-hybridized carbons (Fsp3) is 0.400. The summed E-state index contributed by atoms with van der Waals surface area (Å²) in [4.78, 5) is 27.3. The highest BCUT2D eigenvalue weighted by Gasteiger charge is 2.38. The second kappa shape index (κ2) is 7.74. The van der Waals surface area contributed by atoms with Crippen molar-refractivity contribution in [2.24, 2.45) is 0 Å². The molecule has 0 spiro atoms. The van der Waals surface area contributed by atoms with Crippen LogP contribution in [0.25, 0.3) is 0 Å². The van der Waals surface area contributed by atoms with E-state index in [1.807, 2.05) is 48.7 Å². The Morgan fingerprint density at radius 2 is 1.85 bits per heavy atom. The van der Waals surface area contributed by atoms with E-state index < -0.39 is 0 Å². The van der Waals surface area contributed by atoms with Gasteiger partial charge in [0.05, 0.1) is 18.7 Å². The molecule has 0 saturated heterocycles. The van der Waals surface area contributed by atoms with Crippen molar-refractivity contribution in [3.05, 3.63) is 64.1 Å². The van der Waals surface area contributed by atoms with Gasteiger partial charge in [-0.15, -0.1) is 0 Å². The maximum Gasteiger partial charge on any atom is 0.274 e. The molecule has 138 valence electrons. The van der Waals surface area contributed by atoms with Crippen molar-refractivity contribution in [3.8, 4) is 5.75 Å². The number of benzene rings is 1. The molecule has 1 amide bonds. The van der Waals surface area contributed by atoms with Crippen LogP contribution in [0.3, 0.4) is 0 Å². The summed E-state index contributed by atoms with van der Waals surface area (Å²) in [6.07, 6.45) is 1.67. The second-order valence-electron chi connectivity index (χ2n) is 6.39. The van der Waals surface area contributed by atoms with Gasteiger partial charge >= 0.3 is 0 Å². The van der Waals surface area contributed by atoms with Crippen molar-refractivity contribution >= 4 is 5.91 Å². The number of carbonyl (C=O) groups is 1. The van der Waals surface area contributed by atoms with E-state index in [4.69, 9.17) is 9.47 Å². The highest BCUT2D eigenvalue weighted by molar-refractivity contribution is 5.96. The second-order valence-corrected chi connectivity index (χ2v) is 6.39. The molecular weight excluding hydrogens is 332 g/mol. The maximum atomic E-state index is 13.1. The van der Waals surface area contributed by atoms with Gasteiger partial charge in [0.15, 0.2) is 11.4 Å². The standard InChI is InChI=1S/C20H24N2O4/c1-4-21-16(13-25-3)14(2)22-11-10-17(23)19(18(22)20(21)24)26-12-15-8-6-5-7-9-15/h5-11,14,16H,4,12-13H2,1-3H3/t14-,16+/m1/s1. The Morgan fingerprint density at radius 3 is 2.50 bits per heavy atom. The van der Waals surface area contributed by atoms with Crippen molar-refractivity contribution in [2.75, 3.05) is 20.3 Å². The van der Waals surface area contributed by atoms with Gasteiger partial charge in [-0.25, -0.2) is 0 Å². The summed E-state index contributed by atoms with van der Waals surface area (Å²) in [5.74, 6) is -0.0871. The first-order chi connectivity index (χ1) is 12.6. The Kier molecular flexibility index (Phi) is 5.42. The molecule has 2 heterocycles. The largest absolute Gasteiger partial charge is 0.483 e. The minimum atomic E-state index is -0.283. The number of hydrogen-bond donors (Lipinski definition) is 0. The Bertz CT molecular complexity index is 831. The van der Waals surface area contributed by atoms with Crippen LogP contribution in [0.5, 0.6) is 5.75 Å². The Hall–Kier alpha value is -2.60. The van der Waals surface area contributed by atoms with Crippen LogP contribution in [0.2, 0.25) is 0 Å². The molecule has 0 N–H and O–H groups in total. The Morgan fingerprint density at radius 1 is 1.12 bits per heavy atom. The topological polar surface area (TPSA) is 60.8 Å². The Balaban J connectivity index is 2.01. The maximum absolute atomic E-state index is 13.1. The molecule has 26 heavy (non-hydrogen) atoms. The van der Waals surface area contributed by atoms with Crippen molar-refractivity contribution in [2.45, 2.75) is 32.5 Å². The zero-order chi connectivity index (χ0) is 18.7. The first-order valence-corrected chi connectivity index (χ1v) is 8.80. The fourth-order valence-corrected chi connectivity index (χ4v) is 3.46. The first kappa shape index (κ1) is 18.2. The molecule has 6 heteroatoms. The fourth-order valence-electron chi connectivity index (χ4n) is 3.46. The minimum Gasteiger partial charge on any atom is -0.483 e. The molecule has 0 fully saturated rings. The van der Waals surface area contributed by atoms with Gasteiger partial charge in [-0.1, -0.05) is 30.3 Å². The van der Waals surface area contributed by atoms with Crippen LogP contribution in [0.1, 0.15) is 35.9 Å². The lowest BCUT2D eigenvalue weighted by Gasteiger charge is -2.41. The van der Waals surface area contributed by atoms with Crippen LogP contribution in [0.4, 0.5) is 0 Å². The molecule has 0 aliphatic carbocycles. The number of ether oxygens (including phenoxy) is 2. The van der Waals surface area contributed by atoms with Gasteiger partial charge in [0, 0.05) is 25.9 Å². The first-order valence-electron chi connectivity index (χ1n) is 8.80. The molecule has 0 radical (unpaired) electrons. The van der Waals surface area contributed by atoms with Crippen LogP contribution >= 0.6 is 0 Å². The summed E-state index contributed by atoms with van der Waals surface area (Å²) < 4.78 is 13.0. The molecule has 1 aromatic heterocycles. The molecule has 1 aromatic carbocycles. The van der Waals surface area contributed by atoms with Gasteiger partial charge in [-0.3, -0.25) is 9.59 Å². The summed E-state index contributed by atoms with van der Waals surface area (Å²) in [5, 5.41) is 0. The van der Waals surface area contributed by atoms with E-state index in [-0.39, 0.29) is 35.8 Å². The molecule has 1 aliphatic heterocycles. The van der Waals surface area contributed by atoms with Gasteiger partial charge in [0.1, 0.15) is 6.61 Å². The number of aromatic nitrogens is 1. The predicted octanol–water partition coefficient (Wildman–Crippen LogP) is 2.48. The van der Waals surface area contributed by atoms with Crippen LogP contribution in [0, 0.1) is 0 Å². The number of likely N-dealkylation sites (N-methyl/N-ethyl adjacent to an activating group) is 1. The number of hydrogen-bond acceptors (Lipinski definition) is 4. The average Bonchev–Trinajstić information content (AvgIpc) is 2.66. The summed E-state index contributed by atoms with van der Waals surface area (Å²) in [6, 6.07) is 10.9.